The Labute approximate surface area is 138 Å². The molecule has 0 saturated carbocycles. The monoisotopic (exact) mass is 325 g/mol. The molecule has 2 rings (SSSR count). The van der Waals surface area contributed by atoms with Crippen LogP contribution in [0.15, 0.2) is 48.5 Å². The van der Waals surface area contributed by atoms with Crippen LogP contribution < -0.4 is 10.1 Å². The van der Waals surface area contributed by atoms with Crippen LogP contribution in [0.3, 0.4) is 0 Å². The van der Waals surface area contributed by atoms with Crippen LogP contribution >= 0.6 is 0 Å². The third-order valence-electron chi connectivity index (χ3n) is 3.17. The number of amides is 1. The van der Waals surface area contributed by atoms with E-state index in [1.54, 1.807) is 24.3 Å². The fourth-order valence-corrected chi connectivity index (χ4v) is 1.95. The van der Waals surface area contributed by atoms with Gasteiger partial charge in [0.15, 0.2) is 0 Å². The first-order valence-corrected chi connectivity index (χ1v) is 7.21. The molecule has 0 bridgehead atoms. The number of anilines is 1. The Balaban J connectivity index is 1.76. The van der Waals surface area contributed by atoms with Crippen LogP contribution in [-0.4, -0.2) is 17.4 Å². The number of hydrogen-bond acceptors (Lipinski definition) is 5. The number of carbonyl (C=O) groups excluding carboxylic acids is 1. The first-order chi connectivity index (χ1) is 11.6. The van der Waals surface area contributed by atoms with Crippen LogP contribution in [0.4, 0.5) is 11.4 Å². The Bertz CT molecular complexity index is 749. The van der Waals surface area contributed by atoms with Crippen molar-refractivity contribution in [1.29, 1.82) is 5.26 Å². The maximum atomic E-state index is 11.8. The largest absolute Gasteiger partial charge is 0.493 e. The van der Waals surface area contributed by atoms with Crippen molar-refractivity contribution in [3.8, 4) is 11.8 Å². The van der Waals surface area contributed by atoms with E-state index in [2.05, 4.69) is 11.4 Å². The number of nitrogens with zero attached hydrogens (tertiary/aromatic N) is 2. The first kappa shape index (κ1) is 17.0. The lowest BCUT2D eigenvalue weighted by molar-refractivity contribution is -0.384. The van der Waals surface area contributed by atoms with E-state index in [1.165, 1.54) is 24.3 Å². The molecule has 0 fully saturated rings. The predicted octanol–water partition coefficient (Wildman–Crippen LogP) is 3.07. The number of nitro groups is 1. The van der Waals surface area contributed by atoms with Crippen molar-refractivity contribution >= 4 is 17.3 Å². The van der Waals surface area contributed by atoms with Gasteiger partial charge in [-0.25, -0.2) is 0 Å². The highest BCUT2D eigenvalue weighted by Crippen LogP contribution is 2.17. The molecule has 0 spiro atoms. The Morgan fingerprint density at radius 3 is 2.42 bits per heavy atom. The summed E-state index contributed by atoms with van der Waals surface area (Å²) in [7, 11) is 0. The lowest BCUT2D eigenvalue weighted by Crippen LogP contribution is -2.15. The quantitative estimate of drug-likeness (QED) is 0.622. The molecule has 0 unspecified atom stereocenters. The molecule has 0 aliphatic rings. The average Bonchev–Trinajstić information content (AvgIpc) is 2.57. The molecular weight excluding hydrogens is 310 g/mol. The van der Waals surface area contributed by atoms with Gasteiger partial charge in [0, 0.05) is 17.8 Å². The molecule has 0 aromatic heterocycles. The lowest BCUT2D eigenvalue weighted by Gasteiger charge is -2.07. The van der Waals surface area contributed by atoms with Gasteiger partial charge in [-0.3, -0.25) is 14.9 Å². The van der Waals surface area contributed by atoms with E-state index in [9.17, 15) is 14.9 Å². The van der Waals surface area contributed by atoms with Crippen LogP contribution in [0, 0.1) is 21.4 Å². The van der Waals surface area contributed by atoms with Gasteiger partial charge in [0.2, 0.25) is 5.91 Å². The Kier molecular flexibility index (Phi) is 5.86. The summed E-state index contributed by atoms with van der Waals surface area (Å²) in [6.07, 6.45) is 0.480. The fraction of sp³-hybridized carbons (Fsp3) is 0.176. The predicted molar refractivity (Wildman–Crippen MR) is 87.6 cm³/mol. The normalized spacial score (nSPS) is 9.79. The topological polar surface area (TPSA) is 105 Å². The molecule has 7 heteroatoms. The number of benzene rings is 2. The number of rotatable bonds is 7. The zero-order valence-electron chi connectivity index (χ0n) is 12.8. The molecule has 0 aliphatic carbocycles. The maximum absolute atomic E-state index is 11.8. The minimum absolute atomic E-state index is 0.0139. The number of hydrogen-bond donors (Lipinski definition) is 1. The fourth-order valence-electron chi connectivity index (χ4n) is 1.95. The summed E-state index contributed by atoms with van der Waals surface area (Å²) >= 11 is 0. The zero-order chi connectivity index (χ0) is 17.4. The summed E-state index contributed by atoms with van der Waals surface area (Å²) in [5.41, 5.74) is 1.52. The minimum atomic E-state index is -0.487. The van der Waals surface area contributed by atoms with E-state index < -0.39 is 4.92 Å². The van der Waals surface area contributed by atoms with Crippen LogP contribution in [0.5, 0.6) is 5.75 Å². The highest BCUT2D eigenvalue weighted by Gasteiger charge is 2.06. The Hall–Kier alpha value is -3.40. The molecule has 2 aromatic carbocycles. The van der Waals surface area contributed by atoms with Gasteiger partial charge in [0.05, 0.1) is 30.4 Å². The van der Waals surface area contributed by atoms with Gasteiger partial charge in [-0.05, 0) is 29.8 Å². The zero-order valence-corrected chi connectivity index (χ0v) is 12.8. The Morgan fingerprint density at radius 1 is 1.17 bits per heavy atom. The number of nitro benzene ring substituents is 1. The van der Waals surface area contributed by atoms with E-state index in [1.807, 2.05) is 0 Å². The molecule has 0 radical (unpaired) electrons. The van der Waals surface area contributed by atoms with Gasteiger partial charge < -0.3 is 10.1 Å². The van der Waals surface area contributed by atoms with Crippen LogP contribution in [-0.2, 0) is 11.2 Å². The van der Waals surface area contributed by atoms with Crippen LogP contribution in [0.25, 0.3) is 0 Å². The van der Waals surface area contributed by atoms with Crippen molar-refractivity contribution in [2.75, 3.05) is 11.9 Å². The number of ether oxygens (including phenoxy) is 1. The van der Waals surface area contributed by atoms with Crippen molar-refractivity contribution in [2.24, 2.45) is 0 Å². The smallest absolute Gasteiger partial charge is 0.269 e. The highest BCUT2D eigenvalue weighted by molar-refractivity contribution is 5.90. The van der Waals surface area contributed by atoms with Crippen molar-refractivity contribution in [3.05, 3.63) is 64.2 Å². The summed E-state index contributed by atoms with van der Waals surface area (Å²) < 4.78 is 5.38. The molecule has 7 nitrogen and oxygen atoms in total. The van der Waals surface area contributed by atoms with E-state index >= 15 is 0 Å². The highest BCUT2D eigenvalue weighted by atomic mass is 16.6. The summed E-state index contributed by atoms with van der Waals surface area (Å²) in [4.78, 5) is 21.9. The molecule has 24 heavy (non-hydrogen) atoms. The van der Waals surface area contributed by atoms with Crippen molar-refractivity contribution < 1.29 is 14.5 Å². The van der Waals surface area contributed by atoms with E-state index in [0.29, 0.717) is 17.9 Å². The molecule has 122 valence electrons. The molecular formula is C17H15N3O4. The van der Waals surface area contributed by atoms with Crippen molar-refractivity contribution in [1.82, 2.24) is 0 Å². The van der Waals surface area contributed by atoms with E-state index in [4.69, 9.17) is 10.00 Å². The number of nitriles is 1. The van der Waals surface area contributed by atoms with Crippen molar-refractivity contribution in [3.63, 3.8) is 0 Å². The maximum Gasteiger partial charge on any atom is 0.269 e. The third-order valence-corrected chi connectivity index (χ3v) is 3.17. The van der Waals surface area contributed by atoms with E-state index in [-0.39, 0.29) is 24.6 Å². The standard InChI is InChI=1S/C17H15N3O4/c18-11-9-13-1-3-14(4-2-13)19-17(21)10-12-24-16-7-5-15(6-8-16)20(22)23/h1-8H,9-10,12H2,(H,19,21). The lowest BCUT2D eigenvalue weighted by atomic mass is 10.1. The van der Waals surface area contributed by atoms with Gasteiger partial charge in [-0.15, -0.1) is 0 Å². The molecule has 2 aromatic rings. The van der Waals surface area contributed by atoms with E-state index in [0.717, 1.165) is 5.56 Å². The van der Waals surface area contributed by atoms with Gasteiger partial charge in [0.25, 0.3) is 5.69 Å². The number of non-ortho nitro benzene ring substituents is 1. The molecule has 0 aliphatic heterocycles. The second kappa shape index (κ2) is 8.29. The molecule has 0 atom stereocenters. The number of nitrogens with one attached hydrogen (secondary N) is 1. The SMILES string of the molecule is N#CCc1ccc(NC(=O)CCOc2ccc([N+](=O)[O-])cc2)cc1. The average molecular weight is 325 g/mol. The second-order valence-corrected chi connectivity index (χ2v) is 4.93. The number of carbonyl (C=O) groups is 1. The van der Waals surface area contributed by atoms with Gasteiger partial charge >= 0.3 is 0 Å². The molecule has 1 N–H and O–H groups in total. The molecule has 1 amide bonds. The Morgan fingerprint density at radius 2 is 1.83 bits per heavy atom. The van der Waals surface area contributed by atoms with Crippen molar-refractivity contribution in [2.45, 2.75) is 12.8 Å². The van der Waals surface area contributed by atoms with Gasteiger partial charge in [-0.2, -0.15) is 5.26 Å². The van der Waals surface area contributed by atoms with Crippen LogP contribution in [0.2, 0.25) is 0 Å². The molecule has 0 saturated heterocycles. The van der Waals surface area contributed by atoms with Gasteiger partial charge in [0.1, 0.15) is 5.75 Å². The van der Waals surface area contributed by atoms with Crippen LogP contribution in [0.1, 0.15) is 12.0 Å². The summed E-state index contributed by atoms with van der Waals surface area (Å²) in [6, 6.07) is 14.8. The first-order valence-electron chi connectivity index (χ1n) is 7.21. The second-order valence-electron chi connectivity index (χ2n) is 4.93. The summed E-state index contributed by atoms with van der Waals surface area (Å²) in [5, 5.41) is 21.9. The summed E-state index contributed by atoms with van der Waals surface area (Å²) in [5.74, 6) is 0.263. The third kappa shape index (κ3) is 5.10. The van der Waals surface area contributed by atoms with Gasteiger partial charge in [-0.1, -0.05) is 12.1 Å². The summed E-state index contributed by atoms with van der Waals surface area (Å²) in [6.45, 7) is 0.163. The minimum Gasteiger partial charge on any atom is -0.493 e. The molecule has 0 heterocycles.